The first-order chi connectivity index (χ1) is 7.53. The Morgan fingerprint density at radius 3 is 2.76 bits per heavy atom. The van der Waals surface area contributed by atoms with Crippen LogP contribution in [0.1, 0.15) is 33.1 Å². The Labute approximate surface area is 129 Å². The number of rotatable bonds is 1. The number of hydrogen-bond donors (Lipinski definition) is 1. The largest absolute Gasteiger partial charge is 1.00 e. The predicted octanol–water partition coefficient (Wildman–Crippen LogP) is -2.39. The molecule has 0 aromatic rings. The van der Waals surface area contributed by atoms with Crippen molar-refractivity contribution in [3.63, 3.8) is 0 Å². The molecule has 3 unspecified atom stereocenters. The molecule has 1 spiro atoms. The molecule has 0 aromatic carbocycles. The number of carbonyl (C=O) groups is 1. The molecule has 88 valence electrons. The topological polar surface area (TPSA) is 64.5 Å². The summed E-state index contributed by atoms with van der Waals surface area (Å²) in [5.41, 5.74) is -0.947. The summed E-state index contributed by atoms with van der Waals surface area (Å²) in [5.74, 6) is -0.425. The van der Waals surface area contributed by atoms with E-state index in [-0.39, 0.29) is 58.3 Å². The van der Waals surface area contributed by atoms with Gasteiger partial charge in [-0.25, -0.2) is 4.99 Å². The van der Waals surface area contributed by atoms with Gasteiger partial charge in [-0.2, -0.15) is 0 Å². The average Bonchev–Trinajstić information content (AvgIpc) is 2.53. The Bertz CT molecular complexity index is 386. The van der Waals surface area contributed by atoms with Crippen molar-refractivity contribution in [2.24, 2.45) is 22.2 Å². The standard InChI is InChI=1S/C11H16N2O2S.Na/c1-3-7-5-4-6(2)11(7)8(14)12-10(16)13-9(11)15;/h6-7H,3-5H2,1-2H3,(H2,12,13,14,15,16);/q;+1/p-1. The average molecular weight is 262 g/mol. The maximum absolute atomic E-state index is 12.1. The number of hydrogen-bond acceptors (Lipinski definition) is 3. The molecule has 2 rings (SSSR count). The van der Waals surface area contributed by atoms with E-state index < -0.39 is 5.41 Å². The van der Waals surface area contributed by atoms with E-state index >= 15 is 0 Å². The number of amides is 1. The minimum Gasteiger partial charge on any atom is -0.861 e. The quantitative estimate of drug-likeness (QED) is 0.423. The fraction of sp³-hybridized carbons (Fsp3) is 0.727. The molecule has 1 fully saturated rings. The van der Waals surface area contributed by atoms with E-state index in [9.17, 15) is 9.90 Å². The fourth-order valence-electron chi connectivity index (χ4n) is 3.14. The molecule has 1 N–H and O–H groups in total. The third kappa shape index (κ3) is 2.07. The normalized spacial score (nSPS) is 36.5. The molecule has 1 aliphatic heterocycles. The number of nitrogens with one attached hydrogen (secondary N) is 1. The van der Waals surface area contributed by atoms with Crippen LogP contribution in [0.25, 0.3) is 0 Å². The minimum atomic E-state index is -0.947. The van der Waals surface area contributed by atoms with Gasteiger partial charge in [0.2, 0.25) is 5.91 Å². The Hall–Kier alpha value is 0.0300. The molecule has 6 heteroatoms. The van der Waals surface area contributed by atoms with Gasteiger partial charge >= 0.3 is 29.6 Å². The minimum absolute atomic E-state index is 0. The van der Waals surface area contributed by atoms with E-state index in [0.717, 1.165) is 19.3 Å². The maximum atomic E-state index is 12.1. The van der Waals surface area contributed by atoms with E-state index in [0.29, 0.717) is 0 Å². The molecular formula is C11H15N2NaO2S. The monoisotopic (exact) mass is 262 g/mol. The number of thiocarbonyl (C=S) groups is 1. The van der Waals surface area contributed by atoms with Crippen LogP contribution >= 0.6 is 12.2 Å². The molecule has 1 aliphatic carbocycles. The molecule has 2 aliphatic rings. The van der Waals surface area contributed by atoms with Crippen molar-refractivity contribution in [3.8, 4) is 0 Å². The summed E-state index contributed by atoms with van der Waals surface area (Å²) in [7, 11) is 0. The number of nitrogens with zero attached hydrogens (tertiary/aromatic N) is 1. The van der Waals surface area contributed by atoms with Crippen LogP contribution in [0.2, 0.25) is 0 Å². The molecule has 1 heterocycles. The number of carbonyl (C=O) groups excluding carboxylic acids is 1. The summed E-state index contributed by atoms with van der Waals surface area (Å²) in [6.07, 6.45) is 2.64. The van der Waals surface area contributed by atoms with Gasteiger partial charge in [-0.3, -0.25) is 4.79 Å². The molecule has 0 saturated heterocycles. The molecule has 1 saturated carbocycles. The summed E-state index contributed by atoms with van der Waals surface area (Å²) in [5, 5.41) is 14.7. The van der Waals surface area contributed by atoms with E-state index in [1.54, 1.807) is 0 Å². The molecule has 1 amide bonds. The first kappa shape index (κ1) is 15.1. The first-order valence-corrected chi connectivity index (χ1v) is 6.05. The van der Waals surface area contributed by atoms with E-state index in [4.69, 9.17) is 12.2 Å². The molecule has 17 heavy (non-hydrogen) atoms. The fourth-order valence-corrected chi connectivity index (χ4v) is 3.32. The van der Waals surface area contributed by atoms with Crippen molar-refractivity contribution in [1.82, 2.24) is 5.32 Å². The smallest absolute Gasteiger partial charge is 0.861 e. The third-order valence-corrected chi connectivity index (χ3v) is 4.21. The van der Waals surface area contributed by atoms with Crippen molar-refractivity contribution >= 4 is 29.1 Å². The zero-order valence-corrected chi connectivity index (χ0v) is 13.3. The van der Waals surface area contributed by atoms with Crippen molar-refractivity contribution in [1.29, 1.82) is 0 Å². The van der Waals surface area contributed by atoms with Crippen LogP contribution in [0, 0.1) is 17.3 Å². The van der Waals surface area contributed by atoms with E-state index in [2.05, 4.69) is 10.3 Å². The van der Waals surface area contributed by atoms with Gasteiger partial charge in [0.15, 0.2) is 5.11 Å². The Morgan fingerprint density at radius 2 is 2.24 bits per heavy atom. The molecule has 0 bridgehead atoms. The zero-order chi connectivity index (χ0) is 11.9. The maximum Gasteiger partial charge on any atom is 1.00 e. The second-order valence-electron chi connectivity index (χ2n) is 4.63. The van der Waals surface area contributed by atoms with Gasteiger partial charge in [0.05, 0.1) is 5.41 Å². The second kappa shape index (κ2) is 5.34. The van der Waals surface area contributed by atoms with Crippen LogP contribution in [0.4, 0.5) is 0 Å². The van der Waals surface area contributed by atoms with Gasteiger partial charge in [0.1, 0.15) is 0 Å². The van der Waals surface area contributed by atoms with Gasteiger partial charge in [0, 0.05) is 0 Å². The van der Waals surface area contributed by atoms with Crippen molar-refractivity contribution in [3.05, 3.63) is 0 Å². The molecule has 0 aromatic heterocycles. The first-order valence-electron chi connectivity index (χ1n) is 5.65. The van der Waals surface area contributed by atoms with Crippen LogP contribution in [-0.4, -0.2) is 16.9 Å². The van der Waals surface area contributed by atoms with E-state index in [1.807, 2.05) is 13.8 Å². The van der Waals surface area contributed by atoms with Gasteiger partial charge < -0.3 is 10.4 Å². The van der Waals surface area contributed by atoms with Crippen LogP contribution in [0.3, 0.4) is 0 Å². The molecule has 3 atom stereocenters. The predicted molar refractivity (Wildman–Crippen MR) is 62.8 cm³/mol. The Kier molecular flexibility index (Phi) is 4.74. The molecule has 4 nitrogen and oxygen atoms in total. The zero-order valence-electron chi connectivity index (χ0n) is 10.4. The van der Waals surface area contributed by atoms with Crippen molar-refractivity contribution < 1.29 is 39.5 Å². The van der Waals surface area contributed by atoms with Gasteiger partial charge in [-0.15, -0.1) is 0 Å². The number of aliphatic imine (C=N–C) groups is 1. The van der Waals surface area contributed by atoms with E-state index in [1.165, 1.54) is 0 Å². The summed E-state index contributed by atoms with van der Waals surface area (Å²) < 4.78 is 0. The molecular weight excluding hydrogens is 247 g/mol. The van der Waals surface area contributed by atoms with Gasteiger partial charge in [-0.1, -0.05) is 20.3 Å². The van der Waals surface area contributed by atoms with Gasteiger partial charge in [-0.05, 0) is 42.8 Å². The molecule has 0 radical (unpaired) electrons. The second-order valence-corrected chi connectivity index (χ2v) is 5.02. The van der Waals surface area contributed by atoms with Crippen LogP contribution in [0.15, 0.2) is 4.99 Å². The van der Waals surface area contributed by atoms with Crippen LogP contribution < -0.4 is 40.0 Å². The summed E-state index contributed by atoms with van der Waals surface area (Å²) >= 11 is 4.77. The summed E-state index contributed by atoms with van der Waals surface area (Å²) in [6, 6.07) is 0. The van der Waals surface area contributed by atoms with Crippen LogP contribution in [0.5, 0.6) is 0 Å². The summed E-state index contributed by atoms with van der Waals surface area (Å²) in [4.78, 5) is 15.9. The SMILES string of the molecule is CCC1CCC(C)C12C(=O)NC(=S)N=C2[O-].[Na+]. The van der Waals surface area contributed by atoms with Crippen molar-refractivity contribution in [2.45, 2.75) is 33.1 Å². The third-order valence-electron chi connectivity index (χ3n) is 4.02. The summed E-state index contributed by atoms with van der Waals surface area (Å²) in [6.45, 7) is 3.97. The van der Waals surface area contributed by atoms with Crippen molar-refractivity contribution in [2.75, 3.05) is 0 Å². The van der Waals surface area contributed by atoms with Gasteiger partial charge in [0.25, 0.3) is 0 Å². The van der Waals surface area contributed by atoms with Crippen LogP contribution in [-0.2, 0) is 4.79 Å². The Balaban J connectivity index is 0.00000144. The Morgan fingerprint density at radius 1 is 1.59 bits per heavy atom.